The van der Waals surface area contributed by atoms with Crippen molar-refractivity contribution in [3.05, 3.63) is 71.8 Å². The van der Waals surface area contributed by atoms with Gasteiger partial charge in [0.05, 0.1) is 5.71 Å². The molecule has 100 valence electrons. The van der Waals surface area contributed by atoms with Crippen molar-refractivity contribution in [3.63, 3.8) is 0 Å². The lowest BCUT2D eigenvalue weighted by Gasteiger charge is -2.02. The molecule has 0 saturated carbocycles. The quantitative estimate of drug-likeness (QED) is 0.490. The molecule has 3 N–H and O–H groups in total. The molecule has 2 aromatic carbocycles. The minimum Gasteiger partial charge on any atom is -0.411 e. The van der Waals surface area contributed by atoms with Crippen molar-refractivity contribution >= 4 is 5.71 Å². The van der Waals surface area contributed by atoms with Crippen LogP contribution in [0.25, 0.3) is 0 Å². The van der Waals surface area contributed by atoms with Crippen LogP contribution in [0.4, 0.5) is 0 Å². The molecule has 0 heterocycles. The van der Waals surface area contributed by atoms with Crippen LogP contribution in [0.1, 0.15) is 31.0 Å². The predicted molar refractivity (Wildman–Crippen MR) is 79.5 cm³/mol. The number of benzene rings is 2. The lowest BCUT2D eigenvalue weighted by molar-refractivity contribution is 0.319. The van der Waals surface area contributed by atoms with Gasteiger partial charge in [-0.2, -0.15) is 0 Å². The van der Waals surface area contributed by atoms with Gasteiger partial charge in [-0.1, -0.05) is 65.8 Å². The Kier molecular flexibility index (Phi) is 6.33. The smallest absolute Gasteiger partial charge is 0.0836 e. The van der Waals surface area contributed by atoms with Gasteiger partial charge in [0.25, 0.3) is 0 Å². The topological polar surface area (TPSA) is 58.6 Å². The molecular formula is C16H20N2O. The molecule has 0 saturated heterocycles. The van der Waals surface area contributed by atoms with Gasteiger partial charge in [-0.05, 0) is 25.0 Å². The van der Waals surface area contributed by atoms with Crippen molar-refractivity contribution in [1.29, 1.82) is 0 Å². The van der Waals surface area contributed by atoms with Crippen LogP contribution in [0, 0.1) is 0 Å². The maximum Gasteiger partial charge on any atom is 0.0836 e. The maximum atomic E-state index is 8.38. The summed E-state index contributed by atoms with van der Waals surface area (Å²) in [5.74, 6) is 0. The first-order valence-corrected chi connectivity index (χ1v) is 6.19. The second-order valence-electron chi connectivity index (χ2n) is 4.25. The van der Waals surface area contributed by atoms with Crippen LogP contribution in [-0.4, -0.2) is 10.9 Å². The van der Waals surface area contributed by atoms with Crippen molar-refractivity contribution in [2.24, 2.45) is 10.9 Å². The average molecular weight is 256 g/mol. The van der Waals surface area contributed by atoms with Crippen molar-refractivity contribution in [2.45, 2.75) is 19.9 Å². The summed E-state index contributed by atoms with van der Waals surface area (Å²) < 4.78 is 0. The first-order valence-electron chi connectivity index (χ1n) is 6.19. The van der Waals surface area contributed by atoms with E-state index >= 15 is 0 Å². The molecule has 0 amide bonds. The summed E-state index contributed by atoms with van der Waals surface area (Å²) in [7, 11) is 0. The second kappa shape index (κ2) is 8.06. The Morgan fingerprint density at radius 3 is 1.84 bits per heavy atom. The Labute approximate surface area is 114 Å². The Bertz CT molecular complexity index is 493. The molecule has 1 atom stereocenters. The molecular weight excluding hydrogens is 236 g/mol. The number of rotatable bonds is 2. The number of oxime groups is 1. The maximum absolute atomic E-state index is 8.38. The molecule has 0 fully saturated rings. The van der Waals surface area contributed by atoms with Crippen LogP contribution in [0.2, 0.25) is 0 Å². The van der Waals surface area contributed by atoms with E-state index in [1.165, 1.54) is 5.56 Å². The van der Waals surface area contributed by atoms with E-state index in [1.807, 2.05) is 67.6 Å². The Hall–Kier alpha value is -2.13. The number of hydrogen-bond donors (Lipinski definition) is 2. The van der Waals surface area contributed by atoms with Gasteiger partial charge in [0.15, 0.2) is 0 Å². The zero-order valence-corrected chi connectivity index (χ0v) is 11.3. The minimum atomic E-state index is 0.159. The van der Waals surface area contributed by atoms with E-state index in [0.717, 1.165) is 5.56 Å². The zero-order chi connectivity index (χ0) is 14.1. The van der Waals surface area contributed by atoms with Crippen LogP contribution in [0.15, 0.2) is 65.8 Å². The summed E-state index contributed by atoms with van der Waals surface area (Å²) in [5.41, 5.74) is 8.39. The van der Waals surface area contributed by atoms with Gasteiger partial charge in [0.2, 0.25) is 0 Å². The molecule has 3 nitrogen and oxygen atoms in total. The SMILES string of the molecule is C/C(=N\O)c1ccccc1.CC(N)c1ccccc1. The average Bonchev–Trinajstić information content (AvgIpc) is 2.49. The molecule has 2 rings (SSSR count). The zero-order valence-electron chi connectivity index (χ0n) is 11.3. The van der Waals surface area contributed by atoms with Crippen LogP contribution in [0.3, 0.4) is 0 Å². The monoisotopic (exact) mass is 256 g/mol. The van der Waals surface area contributed by atoms with Crippen molar-refractivity contribution in [3.8, 4) is 0 Å². The summed E-state index contributed by atoms with van der Waals surface area (Å²) in [6.07, 6.45) is 0. The van der Waals surface area contributed by atoms with Crippen molar-refractivity contribution in [2.75, 3.05) is 0 Å². The van der Waals surface area contributed by atoms with Crippen molar-refractivity contribution < 1.29 is 5.21 Å². The Morgan fingerprint density at radius 1 is 1.00 bits per heavy atom. The molecule has 0 radical (unpaired) electrons. The lowest BCUT2D eigenvalue weighted by Crippen LogP contribution is -2.03. The van der Waals surface area contributed by atoms with Crippen LogP contribution in [-0.2, 0) is 0 Å². The summed E-state index contributed by atoms with van der Waals surface area (Å²) in [6, 6.07) is 19.7. The highest BCUT2D eigenvalue weighted by atomic mass is 16.4. The van der Waals surface area contributed by atoms with Crippen molar-refractivity contribution in [1.82, 2.24) is 0 Å². The summed E-state index contributed by atoms with van der Waals surface area (Å²) in [5, 5.41) is 11.5. The first kappa shape index (κ1) is 14.9. The van der Waals surface area contributed by atoms with Gasteiger partial charge >= 0.3 is 0 Å². The van der Waals surface area contributed by atoms with Crippen LogP contribution < -0.4 is 5.73 Å². The van der Waals surface area contributed by atoms with E-state index in [9.17, 15) is 0 Å². The summed E-state index contributed by atoms with van der Waals surface area (Å²) >= 11 is 0. The first-order chi connectivity index (χ1) is 9.15. The standard InChI is InChI=1S/C8H9NO.C8H11N/c1-7(9-10)8-5-3-2-4-6-8;1-7(9)8-5-3-2-4-6-8/h2-6,10H,1H3;2-7H,9H2,1H3/b9-7+;. The minimum absolute atomic E-state index is 0.159. The lowest BCUT2D eigenvalue weighted by atomic mass is 10.1. The highest BCUT2D eigenvalue weighted by molar-refractivity contribution is 5.98. The van der Waals surface area contributed by atoms with E-state index in [0.29, 0.717) is 5.71 Å². The molecule has 0 aliphatic carbocycles. The molecule has 1 unspecified atom stereocenters. The molecule has 2 aromatic rings. The van der Waals surface area contributed by atoms with Gasteiger partial charge in [-0.25, -0.2) is 0 Å². The fraction of sp³-hybridized carbons (Fsp3) is 0.188. The summed E-state index contributed by atoms with van der Waals surface area (Å²) in [4.78, 5) is 0. The predicted octanol–water partition coefficient (Wildman–Crippen LogP) is 3.59. The highest BCUT2D eigenvalue weighted by Crippen LogP contribution is 2.06. The molecule has 19 heavy (non-hydrogen) atoms. The van der Waals surface area contributed by atoms with Crippen LogP contribution in [0.5, 0.6) is 0 Å². The molecule has 0 spiro atoms. The molecule has 0 aliphatic heterocycles. The molecule has 0 bridgehead atoms. The molecule has 0 aromatic heterocycles. The van der Waals surface area contributed by atoms with Gasteiger partial charge in [0, 0.05) is 6.04 Å². The highest BCUT2D eigenvalue weighted by Gasteiger charge is 1.93. The van der Waals surface area contributed by atoms with E-state index < -0.39 is 0 Å². The van der Waals surface area contributed by atoms with Crippen LogP contribution >= 0.6 is 0 Å². The number of hydrogen-bond acceptors (Lipinski definition) is 3. The van der Waals surface area contributed by atoms with Gasteiger partial charge in [-0.15, -0.1) is 0 Å². The van der Waals surface area contributed by atoms with Gasteiger partial charge < -0.3 is 10.9 Å². The van der Waals surface area contributed by atoms with E-state index in [1.54, 1.807) is 6.92 Å². The fourth-order valence-electron chi connectivity index (χ4n) is 1.49. The van der Waals surface area contributed by atoms with E-state index in [2.05, 4.69) is 5.16 Å². The fourth-order valence-corrected chi connectivity index (χ4v) is 1.49. The van der Waals surface area contributed by atoms with E-state index in [4.69, 9.17) is 10.9 Å². The number of nitrogens with zero attached hydrogens (tertiary/aromatic N) is 1. The normalized spacial score (nSPS) is 12.3. The third-order valence-corrected chi connectivity index (χ3v) is 2.67. The Balaban J connectivity index is 0.000000191. The third-order valence-electron chi connectivity index (χ3n) is 2.67. The summed E-state index contributed by atoms with van der Waals surface area (Å²) in [6.45, 7) is 3.74. The second-order valence-corrected chi connectivity index (χ2v) is 4.25. The number of nitrogens with two attached hydrogens (primary N) is 1. The molecule has 0 aliphatic rings. The largest absolute Gasteiger partial charge is 0.411 e. The Morgan fingerprint density at radius 2 is 1.47 bits per heavy atom. The van der Waals surface area contributed by atoms with Gasteiger partial charge in [-0.3, -0.25) is 0 Å². The van der Waals surface area contributed by atoms with E-state index in [-0.39, 0.29) is 6.04 Å². The van der Waals surface area contributed by atoms with Gasteiger partial charge in [0.1, 0.15) is 0 Å². The third kappa shape index (κ3) is 5.36. The molecule has 3 heteroatoms.